The Morgan fingerprint density at radius 2 is 1.87 bits per heavy atom. The van der Waals surface area contributed by atoms with Gasteiger partial charge in [-0.1, -0.05) is 0 Å². The highest BCUT2D eigenvalue weighted by molar-refractivity contribution is 5.81. The molecule has 0 radical (unpaired) electrons. The minimum absolute atomic E-state index is 0.00381. The van der Waals surface area contributed by atoms with E-state index in [2.05, 4.69) is 14.9 Å². The van der Waals surface area contributed by atoms with Crippen LogP contribution in [0.25, 0.3) is 0 Å². The molecule has 7 nitrogen and oxygen atoms in total. The molecule has 2 fully saturated rings. The van der Waals surface area contributed by atoms with E-state index in [-0.39, 0.29) is 23.7 Å². The maximum atomic E-state index is 12.8. The highest BCUT2D eigenvalue weighted by Gasteiger charge is 2.32. The Kier molecular flexibility index (Phi) is 4.73. The number of piperidine rings is 2. The van der Waals surface area contributed by atoms with Gasteiger partial charge >= 0.3 is 0 Å². The molecule has 23 heavy (non-hydrogen) atoms. The van der Waals surface area contributed by atoms with Gasteiger partial charge in [0.2, 0.25) is 11.8 Å². The molecule has 1 unspecified atom stereocenters. The van der Waals surface area contributed by atoms with Gasteiger partial charge in [0.1, 0.15) is 5.82 Å². The lowest BCUT2D eigenvalue weighted by Crippen LogP contribution is -2.48. The first-order chi connectivity index (χ1) is 11.1. The summed E-state index contributed by atoms with van der Waals surface area (Å²) in [6.45, 7) is 2.86. The van der Waals surface area contributed by atoms with E-state index in [1.807, 2.05) is 4.90 Å². The molecule has 0 aromatic carbocycles. The predicted molar refractivity (Wildman–Crippen MR) is 85.5 cm³/mol. The molecule has 7 heteroatoms. The fraction of sp³-hybridized carbons (Fsp3) is 0.625. The molecule has 2 amide bonds. The lowest BCUT2D eigenvalue weighted by Gasteiger charge is -2.37. The molecule has 2 aliphatic heterocycles. The second kappa shape index (κ2) is 6.93. The van der Waals surface area contributed by atoms with Crippen LogP contribution >= 0.6 is 0 Å². The van der Waals surface area contributed by atoms with Crippen LogP contribution < -0.4 is 10.6 Å². The molecule has 0 saturated carbocycles. The number of nitrogens with zero attached hydrogens (tertiary/aromatic N) is 4. The van der Waals surface area contributed by atoms with Crippen molar-refractivity contribution in [3.05, 3.63) is 18.6 Å². The molecule has 3 rings (SSSR count). The van der Waals surface area contributed by atoms with E-state index in [1.165, 1.54) is 0 Å². The van der Waals surface area contributed by atoms with Crippen LogP contribution in [0.2, 0.25) is 0 Å². The van der Waals surface area contributed by atoms with E-state index >= 15 is 0 Å². The molecule has 2 saturated heterocycles. The standard InChI is InChI=1S/C16H23N5O2/c17-15(22)12-3-8-20(9-4-12)16(23)13-2-1-7-21(11-13)14-10-18-5-6-19-14/h5-6,10,12-13H,1-4,7-9,11H2,(H2,17,22). The van der Waals surface area contributed by atoms with Crippen molar-refractivity contribution in [2.45, 2.75) is 25.7 Å². The number of rotatable bonds is 3. The first kappa shape index (κ1) is 15.7. The van der Waals surface area contributed by atoms with Crippen LogP contribution in [0, 0.1) is 11.8 Å². The number of carbonyl (C=O) groups is 2. The van der Waals surface area contributed by atoms with Crippen molar-refractivity contribution in [1.82, 2.24) is 14.9 Å². The first-order valence-electron chi connectivity index (χ1n) is 8.24. The number of carbonyl (C=O) groups excluding carboxylic acids is 2. The third-order valence-corrected chi connectivity index (χ3v) is 4.85. The lowest BCUT2D eigenvalue weighted by molar-refractivity contribution is -0.138. The van der Waals surface area contributed by atoms with Gasteiger partial charge in [-0.3, -0.25) is 14.6 Å². The third-order valence-electron chi connectivity index (χ3n) is 4.85. The summed E-state index contributed by atoms with van der Waals surface area (Å²) in [5, 5.41) is 0. The van der Waals surface area contributed by atoms with Gasteiger partial charge in [-0.05, 0) is 25.7 Å². The monoisotopic (exact) mass is 317 g/mol. The van der Waals surface area contributed by atoms with Crippen molar-refractivity contribution in [2.24, 2.45) is 17.6 Å². The van der Waals surface area contributed by atoms with Crippen LogP contribution in [-0.2, 0) is 9.59 Å². The second-order valence-electron chi connectivity index (χ2n) is 6.35. The Labute approximate surface area is 135 Å². The number of hydrogen-bond acceptors (Lipinski definition) is 5. The molecule has 124 valence electrons. The molecular formula is C16H23N5O2. The van der Waals surface area contributed by atoms with E-state index < -0.39 is 0 Å². The van der Waals surface area contributed by atoms with Crippen molar-refractivity contribution in [1.29, 1.82) is 0 Å². The summed E-state index contributed by atoms with van der Waals surface area (Å²) in [6, 6.07) is 0. The van der Waals surface area contributed by atoms with Gasteiger partial charge in [-0.2, -0.15) is 0 Å². The Balaban J connectivity index is 1.58. The number of likely N-dealkylation sites (tertiary alicyclic amines) is 1. The van der Waals surface area contributed by atoms with Crippen LogP contribution in [0.4, 0.5) is 5.82 Å². The Morgan fingerprint density at radius 3 is 2.52 bits per heavy atom. The maximum Gasteiger partial charge on any atom is 0.227 e. The zero-order valence-corrected chi connectivity index (χ0v) is 13.2. The normalized spacial score (nSPS) is 22.9. The Morgan fingerprint density at radius 1 is 1.09 bits per heavy atom. The molecule has 0 bridgehead atoms. The van der Waals surface area contributed by atoms with Crippen LogP contribution in [0.3, 0.4) is 0 Å². The SMILES string of the molecule is NC(=O)C1CCN(C(=O)C2CCCN(c3cnccn3)C2)CC1. The van der Waals surface area contributed by atoms with E-state index in [9.17, 15) is 9.59 Å². The van der Waals surface area contributed by atoms with Crippen molar-refractivity contribution in [3.8, 4) is 0 Å². The van der Waals surface area contributed by atoms with Gasteiger partial charge < -0.3 is 15.5 Å². The van der Waals surface area contributed by atoms with E-state index in [0.717, 1.165) is 25.2 Å². The average Bonchev–Trinajstić information content (AvgIpc) is 2.62. The molecule has 2 N–H and O–H groups in total. The number of amides is 2. The van der Waals surface area contributed by atoms with Crippen LogP contribution in [0.5, 0.6) is 0 Å². The van der Waals surface area contributed by atoms with Crippen LogP contribution in [-0.4, -0.2) is 52.9 Å². The summed E-state index contributed by atoms with van der Waals surface area (Å²) in [7, 11) is 0. The highest BCUT2D eigenvalue weighted by Crippen LogP contribution is 2.25. The number of nitrogens with two attached hydrogens (primary N) is 1. The molecule has 0 aliphatic carbocycles. The average molecular weight is 317 g/mol. The number of primary amides is 1. The predicted octanol–water partition coefficient (Wildman–Crippen LogP) is 0.417. The number of aromatic nitrogens is 2. The zero-order chi connectivity index (χ0) is 16.2. The van der Waals surface area contributed by atoms with Crippen molar-refractivity contribution >= 4 is 17.6 Å². The van der Waals surface area contributed by atoms with Gasteiger partial charge in [0.15, 0.2) is 0 Å². The van der Waals surface area contributed by atoms with E-state index in [1.54, 1.807) is 18.6 Å². The summed E-state index contributed by atoms with van der Waals surface area (Å²) in [5.74, 6) is 0.694. The van der Waals surface area contributed by atoms with E-state index in [0.29, 0.717) is 32.5 Å². The highest BCUT2D eigenvalue weighted by atomic mass is 16.2. The van der Waals surface area contributed by atoms with Gasteiger partial charge in [-0.15, -0.1) is 0 Å². The summed E-state index contributed by atoms with van der Waals surface area (Å²) in [4.78, 5) is 36.4. The lowest BCUT2D eigenvalue weighted by atomic mass is 9.92. The topological polar surface area (TPSA) is 92.4 Å². The van der Waals surface area contributed by atoms with Gasteiger partial charge in [0.05, 0.1) is 12.1 Å². The number of hydrogen-bond donors (Lipinski definition) is 1. The molecule has 1 aromatic heterocycles. The van der Waals surface area contributed by atoms with Crippen molar-refractivity contribution in [2.75, 3.05) is 31.1 Å². The first-order valence-corrected chi connectivity index (χ1v) is 8.24. The number of anilines is 1. The van der Waals surface area contributed by atoms with Crippen LogP contribution in [0.1, 0.15) is 25.7 Å². The second-order valence-corrected chi connectivity index (χ2v) is 6.35. The smallest absolute Gasteiger partial charge is 0.227 e. The fourth-order valence-corrected chi connectivity index (χ4v) is 3.48. The van der Waals surface area contributed by atoms with Gasteiger partial charge in [0.25, 0.3) is 0 Å². The van der Waals surface area contributed by atoms with Crippen molar-refractivity contribution in [3.63, 3.8) is 0 Å². The molecule has 1 atom stereocenters. The minimum atomic E-state index is -0.247. The van der Waals surface area contributed by atoms with Gasteiger partial charge in [-0.25, -0.2) is 4.98 Å². The summed E-state index contributed by atoms with van der Waals surface area (Å²) >= 11 is 0. The summed E-state index contributed by atoms with van der Waals surface area (Å²) in [6.07, 6.45) is 8.32. The molecule has 1 aromatic rings. The van der Waals surface area contributed by atoms with Crippen LogP contribution in [0.15, 0.2) is 18.6 Å². The Bertz CT molecular complexity index is 557. The minimum Gasteiger partial charge on any atom is -0.369 e. The summed E-state index contributed by atoms with van der Waals surface area (Å²) in [5.41, 5.74) is 5.35. The van der Waals surface area contributed by atoms with Gasteiger partial charge in [0, 0.05) is 44.5 Å². The maximum absolute atomic E-state index is 12.8. The largest absolute Gasteiger partial charge is 0.369 e. The van der Waals surface area contributed by atoms with E-state index in [4.69, 9.17) is 5.73 Å². The molecule has 2 aliphatic rings. The molecular weight excluding hydrogens is 294 g/mol. The zero-order valence-electron chi connectivity index (χ0n) is 13.2. The molecule has 3 heterocycles. The third kappa shape index (κ3) is 3.60. The van der Waals surface area contributed by atoms with Crippen molar-refractivity contribution < 1.29 is 9.59 Å². The quantitative estimate of drug-likeness (QED) is 0.872. The Hall–Kier alpha value is -2.18. The summed E-state index contributed by atoms with van der Waals surface area (Å²) < 4.78 is 0. The fourth-order valence-electron chi connectivity index (χ4n) is 3.48. The molecule has 0 spiro atoms.